The van der Waals surface area contributed by atoms with Crippen molar-refractivity contribution in [2.75, 3.05) is 23.0 Å². The average molecular weight is 478 g/mol. The van der Waals surface area contributed by atoms with Crippen LogP contribution in [0.25, 0.3) is 11.0 Å². The molecular formula is C24H23N5O4S. The van der Waals surface area contributed by atoms with E-state index in [0.29, 0.717) is 34.1 Å². The maximum absolute atomic E-state index is 13.7. The third kappa shape index (κ3) is 3.86. The molecule has 1 aromatic heterocycles. The van der Waals surface area contributed by atoms with E-state index in [1.165, 1.54) is 11.2 Å². The van der Waals surface area contributed by atoms with Gasteiger partial charge in [-0.3, -0.25) is 4.79 Å². The summed E-state index contributed by atoms with van der Waals surface area (Å²) in [6, 6.07) is 14.7. The second-order valence-corrected chi connectivity index (χ2v) is 10.1. The Morgan fingerprint density at radius 1 is 1.06 bits per heavy atom. The van der Waals surface area contributed by atoms with Crippen LogP contribution in [-0.2, 0) is 14.8 Å². The normalized spacial score (nSPS) is 17.5. The molecular weight excluding hydrogens is 454 g/mol. The molecule has 10 heteroatoms. The van der Waals surface area contributed by atoms with E-state index in [-0.39, 0.29) is 19.0 Å². The Hall–Kier alpha value is -3.92. The summed E-state index contributed by atoms with van der Waals surface area (Å²) >= 11 is 0. The number of rotatable bonds is 5. The Morgan fingerprint density at radius 2 is 1.74 bits per heavy atom. The molecule has 9 nitrogen and oxygen atoms in total. The Balaban J connectivity index is 1.54. The number of allylic oxidation sites excluding steroid dienone is 2. The lowest BCUT2D eigenvalue weighted by molar-refractivity contribution is -0.118. The molecule has 0 spiro atoms. The monoisotopic (exact) mass is 477 g/mol. The van der Waals surface area contributed by atoms with Gasteiger partial charge in [-0.15, -0.1) is 0 Å². The van der Waals surface area contributed by atoms with Crippen LogP contribution in [-0.4, -0.2) is 43.3 Å². The second-order valence-electron chi connectivity index (χ2n) is 7.99. The minimum atomic E-state index is -3.83. The van der Waals surface area contributed by atoms with Crippen LogP contribution in [0.4, 0.5) is 17.3 Å². The molecule has 174 valence electrons. The number of methoxy groups -OCH3 is 1. The van der Waals surface area contributed by atoms with Gasteiger partial charge in [-0.1, -0.05) is 24.3 Å². The number of ether oxygens (including phenoxy) is 1. The van der Waals surface area contributed by atoms with Crippen molar-refractivity contribution >= 4 is 44.3 Å². The fourth-order valence-electron chi connectivity index (χ4n) is 4.04. The van der Waals surface area contributed by atoms with E-state index >= 15 is 0 Å². The quantitative estimate of drug-likeness (QED) is 0.602. The van der Waals surface area contributed by atoms with Gasteiger partial charge in [0.25, 0.3) is 0 Å². The number of amides is 1. The molecule has 0 fully saturated rings. The first-order valence-electron chi connectivity index (χ1n) is 10.7. The molecule has 1 unspecified atom stereocenters. The van der Waals surface area contributed by atoms with Gasteiger partial charge >= 0.3 is 0 Å². The molecule has 1 aliphatic heterocycles. The smallest absolute Gasteiger partial charge is 0.244 e. The number of anilines is 3. The molecule has 2 heterocycles. The molecule has 1 N–H and O–H groups in total. The topological polar surface area (TPSA) is 105 Å². The first kappa shape index (κ1) is 21.9. The van der Waals surface area contributed by atoms with Crippen LogP contribution in [0.2, 0.25) is 0 Å². The number of fused-ring (bicyclic) bond motifs is 2. The van der Waals surface area contributed by atoms with Gasteiger partial charge in [0, 0.05) is 18.3 Å². The minimum Gasteiger partial charge on any atom is -0.497 e. The molecule has 3 aromatic rings. The van der Waals surface area contributed by atoms with E-state index in [1.807, 2.05) is 53.4 Å². The number of carbonyl (C=O) groups is 1. The van der Waals surface area contributed by atoms with E-state index in [9.17, 15) is 13.2 Å². The number of hydrogen-bond donors (Lipinski definition) is 1. The lowest BCUT2D eigenvalue weighted by Gasteiger charge is -2.25. The minimum absolute atomic E-state index is 0.0485. The Labute approximate surface area is 197 Å². The standard InChI is InChI=1S/C24H23N5O4S/c1-16(30)25-17-7-13-20(14-8-17)34(31,32)29-15-28(18-9-11-19(33-2)12-10-18)23-24(29)27-22-6-4-3-5-21(22)26-23/h3-13,20H,14-15H2,1-2H3,(H,25,30). The van der Waals surface area contributed by atoms with Gasteiger partial charge in [-0.05, 0) is 48.9 Å². The van der Waals surface area contributed by atoms with Crippen LogP contribution in [0.5, 0.6) is 5.75 Å². The van der Waals surface area contributed by atoms with Crippen LogP contribution >= 0.6 is 0 Å². The number of hydrogen-bond acceptors (Lipinski definition) is 7. The second kappa shape index (κ2) is 8.45. The van der Waals surface area contributed by atoms with Gasteiger partial charge in [0.2, 0.25) is 15.9 Å². The molecule has 2 aromatic carbocycles. The predicted octanol–water partition coefficient (Wildman–Crippen LogP) is 3.23. The van der Waals surface area contributed by atoms with E-state index < -0.39 is 15.3 Å². The number of carbonyl (C=O) groups excluding carboxylic acids is 1. The Morgan fingerprint density at radius 3 is 2.32 bits per heavy atom. The van der Waals surface area contributed by atoms with Crippen molar-refractivity contribution in [1.29, 1.82) is 0 Å². The molecule has 0 bridgehead atoms. The zero-order valence-corrected chi connectivity index (χ0v) is 19.5. The fourth-order valence-corrected chi connectivity index (χ4v) is 5.62. The van der Waals surface area contributed by atoms with Gasteiger partial charge in [0.05, 0.1) is 18.1 Å². The summed E-state index contributed by atoms with van der Waals surface area (Å²) in [5.41, 5.74) is 2.66. The summed E-state index contributed by atoms with van der Waals surface area (Å²) in [6.07, 6.45) is 5.18. The van der Waals surface area contributed by atoms with Crippen LogP contribution in [0.1, 0.15) is 13.3 Å². The van der Waals surface area contributed by atoms with Gasteiger partial charge in [0.1, 0.15) is 17.7 Å². The maximum atomic E-state index is 13.7. The highest BCUT2D eigenvalue weighted by molar-refractivity contribution is 7.93. The maximum Gasteiger partial charge on any atom is 0.244 e. The van der Waals surface area contributed by atoms with E-state index in [1.54, 1.807) is 25.3 Å². The Bertz CT molecular complexity index is 1430. The van der Waals surface area contributed by atoms with E-state index in [4.69, 9.17) is 9.72 Å². The average Bonchev–Trinajstić information content (AvgIpc) is 3.22. The summed E-state index contributed by atoms with van der Waals surface area (Å²) in [6.45, 7) is 1.46. The zero-order valence-electron chi connectivity index (χ0n) is 18.7. The van der Waals surface area contributed by atoms with Crippen LogP contribution in [0.3, 0.4) is 0 Å². The predicted molar refractivity (Wildman–Crippen MR) is 130 cm³/mol. The third-order valence-corrected chi connectivity index (χ3v) is 7.77. The summed E-state index contributed by atoms with van der Waals surface area (Å²) in [4.78, 5) is 22.6. The van der Waals surface area contributed by atoms with Crippen molar-refractivity contribution in [3.05, 3.63) is 72.5 Å². The van der Waals surface area contributed by atoms with Crippen LogP contribution < -0.4 is 19.3 Å². The molecule has 34 heavy (non-hydrogen) atoms. The fraction of sp³-hybridized carbons (Fsp3) is 0.208. The van der Waals surface area contributed by atoms with Crippen molar-refractivity contribution in [1.82, 2.24) is 15.3 Å². The van der Waals surface area contributed by atoms with Gasteiger partial charge < -0.3 is 15.0 Å². The van der Waals surface area contributed by atoms with Gasteiger partial charge in [-0.2, -0.15) is 0 Å². The van der Waals surface area contributed by atoms with Crippen molar-refractivity contribution < 1.29 is 17.9 Å². The number of sulfonamides is 1. The summed E-state index contributed by atoms with van der Waals surface area (Å²) in [7, 11) is -2.24. The van der Waals surface area contributed by atoms with Crippen molar-refractivity contribution in [3.63, 3.8) is 0 Å². The first-order valence-corrected chi connectivity index (χ1v) is 12.2. The Kier molecular flexibility index (Phi) is 5.45. The highest BCUT2D eigenvalue weighted by atomic mass is 32.2. The lowest BCUT2D eigenvalue weighted by Crippen LogP contribution is -2.40. The highest BCUT2D eigenvalue weighted by Crippen LogP contribution is 2.41. The first-order chi connectivity index (χ1) is 16.4. The van der Waals surface area contributed by atoms with Crippen LogP contribution in [0, 0.1) is 0 Å². The number of benzene rings is 2. The SMILES string of the molecule is COc1ccc(N2CN(S(=O)(=O)C3C=CC(NC(C)=O)=CC3)c3nc4ccccc4nc32)cc1. The third-order valence-electron chi connectivity index (χ3n) is 5.75. The van der Waals surface area contributed by atoms with Crippen LogP contribution in [0.15, 0.2) is 72.5 Å². The summed E-state index contributed by atoms with van der Waals surface area (Å²) in [5.74, 6) is 1.26. The molecule has 0 radical (unpaired) electrons. The largest absolute Gasteiger partial charge is 0.497 e. The zero-order chi connectivity index (χ0) is 23.9. The van der Waals surface area contributed by atoms with E-state index in [2.05, 4.69) is 10.3 Å². The molecule has 1 amide bonds. The van der Waals surface area contributed by atoms with Crippen molar-refractivity contribution in [3.8, 4) is 5.75 Å². The number of para-hydroxylation sites is 2. The van der Waals surface area contributed by atoms with E-state index in [0.717, 1.165) is 5.69 Å². The molecule has 2 aliphatic rings. The molecule has 5 rings (SSSR count). The summed E-state index contributed by atoms with van der Waals surface area (Å²) in [5, 5.41) is 1.89. The van der Waals surface area contributed by atoms with Gasteiger partial charge in [0.15, 0.2) is 11.6 Å². The highest BCUT2D eigenvalue weighted by Gasteiger charge is 2.41. The number of aromatic nitrogens is 2. The van der Waals surface area contributed by atoms with Crippen molar-refractivity contribution in [2.24, 2.45) is 0 Å². The number of nitrogens with one attached hydrogen (secondary N) is 1. The molecule has 1 atom stereocenters. The van der Waals surface area contributed by atoms with Gasteiger partial charge in [-0.25, -0.2) is 22.7 Å². The summed E-state index contributed by atoms with van der Waals surface area (Å²) < 4.78 is 34.0. The molecule has 0 saturated carbocycles. The van der Waals surface area contributed by atoms with Crippen molar-refractivity contribution in [2.45, 2.75) is 18.6 Å². The molecule has 0 saturated heterocycles. The lowest BCUT2D eigenvalue weighted by atomic mass is 10.1. The number of nitrogens with zero attached hydrogens (tertiary/aromatic N) is 4. The molecule has 1 aliphatic carbocycles.